The molecule has 0 spiro atoms. The van der Waals surface area contributed by atoms with Gasteiger partial charge in [0, 0.05) is 26.1 Å². The molecular weight excluding hydrogens is 388 g/mol. The fourth-order valence-corrected chi connectivity index (χ4v) is 4.63. The smallest absolute Gasteiger partial charge is 0.350 e. The first-order valence-electron chi connectivity index (χ1n) is 9.05. The highest BCUT2D eigenvalue weighted by Gasteiger charge is 2.34. The topological polar surface area (TPSA) is 78.5 Å². The van der Waals surface area contributed by atoms with Gasteiger partial charge in [-0.15, -0.1) is 12.4 Å². The van der Waals surface area contributed by atoms with E-state index >= 15 is 0 Å². The molecule has 0 aromatic heterocycles. The third kappa shape index (κ3) is 6.58. The Labute approximate surface area is 160 Å². The monoisotopic (exact) mass is 417 g/mol. The van der Waals surface area contributed by atoms with Crippen molar-refractivity contribution in [3.63, 3.8) is 0 Å². The van der Waals surface area contributed by atoms with Crippen molar-refractivity contribution in [3.05, 3.63) is 0 Å². The van der Waals surface area contributed by atoms with Crippen LogP contribution < -0.4 is 10.6 Å². The van der Waals surface area contributed by atoms with Crippen molar-refractivity contribution in [3.8, 4) is 0 Å². The standard InChI is InChI=1S/C16H29F2N3O3S.ClH/c1-12(14-2-6-19-7-3-14)10-15(22)20-11-13-4-8-21(9-5-13)25(23,24)16(17)18;/h12-14,16,19H,2-11H2,1H3,(H,20,22);1H. The maximum atomic E-state index is 12.5. The number of carbonyl (C=O) groups excluding carboxylic acids is 1. The Morgan fingerprint density at radius 1 is 1.19 bits per heavy atom. The van der Waals surface area contributed by atoms with E-state index in [4.69, 9.17) is 0 Å². The minimum absolute atomic E-state index is 0. The molecule has 0 aliphatic carbocycles. The molecule has 1 unspecified atom stereocenters. The zero-order valence-electron chi connectivity index (χ0n) is 15.1. The Balaban J connectivity index is 0.00000338. The Hall–Kier alpha value is -0.510. The van der Waals surface area contributed by atoms with Crippen molar-refractivity contribution in [1.29, 1.82) is 0 Å². The van der Waals surface area contributed by atoms with Crippen molar-refractivity contribution < 1.29 is 22.0 Å². The molecule has 2 saturated heterocycles. The summed E-state index contributed by atoms with van der Waals surface area (Å²) in [5, 5.41) is 6.25. The molecule has 2 aliphatic heterocycles. The Morgan fingerprint density at radius 3 is 2.31 bits per heavy atom. The van der Waals surface area contributed by atoms with Gasteiger partial charge in [0.15, 0.2) is 0 Å². The molecule has 26 heavy (non-hydrogen) atoms. The fourth-order valence-electron chi connectivity index (χ4n) is 3.68. The number of nitrogens with zero attached hydrogens (tertiary/aromatic N) is 1. The maximum Gasteiger partial charge on any atom is 0.350 e. The van der Waals surface area contributed by atoms with Crippen LogP contribution in [0.4, 0.5) is 8.78 Å². The van der Waals surface area contributed by atoms with Crippen LogP contribution in [-0.2, 0) is 14.8 Å². The van der Waals surface area contributed by atoms with Crippen LogP contribution in [0.1, 0.15) is 39.0 Å². The Bertz CT molecular complexity index is 537. The van der Waals surface area contributed by atoms with Crippen LogP contribution >= 0.6 is 12.4 Å². The summed E-state index contributed by atoms with van der Waals surface area (Å²) in [6, 6.07) is 0. The molecule has 1 amide bonds. The Kier molecular flexibility index (Phi) is 9.71. The lowest BCUT2D eigenvalue weighted by Gasteiger charge is -2.31. The quantitative estimate of drug-likeness (QED) is 0.662. The first-order valence-corrected chi connectivity index (χ1v) is 10.6. The number of hydrogen-bond acceptors (Lipinski definition) is 4. The predicted molar refractivity (Wildman–Crippen MR) is 98.9 cm³/mol. The molecule has 2 fully saturated rings. The highest BCUT2D eigenvalue weighted by atomic mass is 35.5. The molecule has 2 heterocycles. The molecule has 0 bridgehead atoms. The van der Waals surface area contributed by atoms with E-state index in [1.807, 2.05) is 0 Å². The van der Waals surface area contributed by atoms with Crippen molar-refractivity contribution in [2.75, 3.05) is 32.7 Å². The first kappa shape index (κ1) is 23.5. The molecule has 2 aliphatic rings. The summed E-state index contributed by atoms with van der Waals surface area (Å²) in [7, 11) is -4.48. The SMILES string of the molecule is CC(CC(=O)NCC1CCN(S(=O)(=O)C(F)F)CC1)C1CCNCC1.Cl. The molecule has 1 atom stereocenters. The van der Waals surface area contributed by atoms with Crippen LogP contribution in [-0.4, -0.2) is 57.1 Å². The molecule has 0 saturated carbocycles. The highest BCUT2D eigenvalue weighted by molar-refractivity contribution is 7.89. The summed E-state index contributed by atoms with van der Waals surface area (Å²) >= 11 is 0. The van der Waals surface area contributed by atoms with E-state index in [1.54, 1.807) is 0 Å². The van der Waals surface area contributed by atoms with Gasteiger partial charge in [-0.1, -0.05) is 6.92 Å². The number of nitrogens with one attached hydrogen (secondary N) is 2. The van der Waals surface area contributed by atoms with Gasteiger partial charge in [0.1, 0.15) is 0 Å². The summed E-state index contributed by atoms with van der Waals surface area (Å²) < 4.78 is 48.8. The molecule has 6 nitrogen and oxygen atoms in total. The van der Waals surface area contributed by atoms with E-state index in [2.05, 4.69) is 17.6 Å². The summed E-state index contributed by atoms with van der Waals surface area (Å²) in [5.41, 5.74) is 0. The van der Waals surface area contributed by atoms with E-state index < -0.39 is 15.8 Å². The lowest BCUT2D eigenvalue weighted by Crippen LogP contribution is -2.43. The van der Waals surface area contributed by atoms with Crippen LogP contribution in [0.15, 0.2) is 0 Å². The molecule has 2 N–H and O–H groups in total. The lowest BCUT2D eigenvalue weighted by atomic mass is 9.84. The Morgan fingerprint density at radius 2 is 1.77 bits per heavy atom. The molecular formula is C16H30ClF2N3O3S. The average Bonchev–Trinajstić information content (AvgIpc) is 2.61. The minimum Gasteiger partial charge on any atom is -0.356 e. The second kappa shape index (κ2) is 10.7. The van der Waals surface area contributed by atoms with E-state index in [0.717, 1.165) is 30.2 Å². The summed E-state index contributed by atoms with van der Waals surface area (Å²) in [6.45, 7) is 4.81. The molecule has 0 aromatic rings. The summed E-state index contributed by atoms with van der Waals surface area (Å²) in [6.07, 6.45) is 3.70. The number of alkyl halides is 2. The third-order valence-electron chi connectivity index (χ3n) is 5.44. The van der Waals surface area contributed by atoms with Gasteiger partial charge >= 0.3 is 5.76 Å². The van der Waals surface area contributed by atoms with Crippen LogP contribution in [0.25, 0.3) is 0 Å². The van der Waals surface area contributed by atoms with E-state index in [-0.39, 0.29) is 37.3 Å². The van der Waals surface area contributed by atoms with Crippen molar-refractivity contribution >= 4 is 28.3 Å². The zero-order valence-corrected chi connectivity index (χ0v) is 16.8. The van der Waals surface area contributed by atoms with Crippen LogP contribution in [0, 0.1) is 17.8 Å². The van der Waals surface area contributed by atoms with Crippen molar-refractivity contribution in [1.82, 2.24) is 14.9 Å². The van der Waals surface area contributed by atoms with Crippen LogP contribution in [0.5, 0.6) is 0 Å². The number of piperidine rings is 2. The summed E-state index contributed by atoms with van der Waals surface area (Å²) in [5.74, 6) is -2.27. The van der Waals surface area contributed by atoms with Gasteiger partial charge < -0.3 is 10.6 Å². The fraction of sp³-hybridized carbons (Fsp3) is 0.938. The van der Waals surface area contributed by atoms with Crippen LogP contribution in [0.2, 0.25) is 0 Å². The number of amides is 1. The molecule has 0 radical (unpaired) electrons. The zero-order chi connectivity index (χ0) is 18.4. The van der Waals surface area contributed by atoms with Gasteiger partial charge in [-0.2, -0.15) is 13.1 Å². The number of carbonyl (C=O) groups is 1. The number of halogens is 3. The average molecular weight is 418 g/mol. The third-order valence-corrected chi connectivity index (χ3v) is 6.98. The van der Waals surface area contributed by atoms with Gasteiger partial charge in [-0.25, -0.2) is 8.42 Å². The highest BCUT2D eigenvalue weighted by Crippen LogP contribution is 2.25. The largest absolute Gasteiger partial charge is 0.356 e. The van der Waals surface area contributed by atoms with E-state index in [9.17, 15) is 22.0 Å². The number of rotatable bonds is 7. The van der Waals surface area contributed by atoms with Gasteiger partial charge in [0.25, 0.3) is 10.0 Å². The lowest BCUT2D eigenvalue weighted by molar-refractivity contribution is -0.122. The van der Waals surface area contributed by atoms with Gasteiger partial charge in [-0.3, -0.25) is 4.79 Å². The van der Waals surface area contributed by atoms with Gasteiger partial charge in [0.05, 0.1) is 0 Å². The van der Waals surface area contributed by atoms with E-state index in [1.165, 1.54) is 0 Å². The maximum absolute atomic E-state index is 12.5. The number of sulfonamides is 1. The number of hydrogen-bond donors (Lipinski definition) is 2. The molecule has 2 rings (SSSR count). The second-order valence-electron chi connectivity index (χ2n) is 7.22. The molecule has 154 valence electrons. The second-order valence-corrected chi connectivity index (χ2v) is 9.12. The first-order chi connectivity index (χ1) is 11.8. The normalized spacial score (nSPS) is 22.0. The molecule has 0 aromatic carbocycles. The van der Waals surface area contributed by atoms with Gasteiger partial charge in [-0.05, 0) is 56.5 Å². The van der Waals surface area contributed by atoms with E-state index in [0.29, 0.717) is 37.6 Å². The minimum atomic E-state index is -4.48. The van der Waals surface area contributed by atoms with Crippen molar-refractivity contribution in [2.45, 2.75) is 44.8 Å². The van der Waals surface area contributed by atoms with Crippen molar-refractivity contribution in [2.24, 2.45) is 17.8 Å². The van der Waals surface area contributed by atoms with Crippen LogP contribution in [0.3, 0.4) is 0 Å². The summed E-state index contributed by atoms with van der Waals surface area (Å²) in [4.78, 5) is 12.1. The van der Waals surface area contributed by atoms with Gasteiger partial charge in [0.2, 0.25) is 5.91 Å². The predicted octanol–water partition coefficient (Wildman–Crippen LogP) is 1.81. The molecule has 10 heteroatoms.